The first-order valence-corrected chi connectivity index (χ1v) is 6.00. The fourth-order valence-electron chi connectivity index (χ4n) is 1.68. The van der Waals surface area contributed by atoms with E-state index in [0.717, 1.165) is 12.2 Å². The van der Waals surface area contributed by atoms with Gasteiger partial charge in [-0.2, -0.15) is 0 Å². The molecule has 4 heteroatoms. The van der Waals surface area contributed by atoms with Crippen LogP contribution in [-0.2, 0) is 6.42 Å². The number of halogens is 1. The maximum absolute atomic E-state index is 12.3. The van der Waals surface area contributed by atoms with Gasteiger partial charge in [0.05, 0.1) is 12.7 Å². The predicted octanol–water partition coefficient (Wildman–Crippen LogP) is 3.74. The summed E-state index contributed by atoms with van der Waals surface area (Å²) in [5.74, 6) is 1.33. The minimum atomic E-state index is -0.228. The van der Waals surface area contributed by atoms with Crippen LogP contribution in [0.5, 0.6) is 5.75 Å². The van der Waals surface area contributed by atoms with Gasteiger partial charge in [-0.25, -0.2) is 0 Å². The Hall–Kier alpha value is -1.74. The van der Waals surface area contributed by atoms with Crippen molar-refractivity contribution in [2.75, 3.05) is 7.11 Å². The average molecular weight is 265 g/mol. The average Bonchev–Trinajstić information content (AvgIpc) is 2.86. The Balaban J connectivity index is 2.41. The summed E-state index contributed by atoms with van der Waals surface area (Å²) >= 11 is 5.90. The number of methoxy groups -OCH3 is 1. The van der Waals surface area contributed by atoms with E-state index in [2.05, 4.69) is 0 Å². The number of carbonyl (C=O) groups is 1. The zero-order valence-corrected chi connectivity index (χ0v) is 11.0. The molecule has 94 valence electrons. The van der Waals surface area contributed by atoms with Crippen LogP contribution in [-0.4, -0.2) is 12.9 Å². The fraction of sp³-hybridized carbons (Fsp3) is 0.214. The van der Waals surface area contributed by atoms with Crippen molar-refractivity contribution in [2.45, 2.75) is 13.3 Å². The zero-order chi connectivity index (χ0) is 13.1. The van der Waals surface area contributed by atoms with Gasteiger partial charge in [0, 0.05) is 11.4 Å². The third kappa shape index (κ3) is 2.41. The molecule has 0 atom stereocenters. The van der Waals surface area contributed by atoms with Gasteiger partial charge in [0.1, 0.15) is 11.5 Å². The molecule has 0 spiro atoms. The second-order valence-electron chi connectivity index (χ2n) is 3.79. The molecule has 3 nitrogen and oxygen atoms in total. The molecule has 0 radical (unpaired) electrons. The zero-order valence-electron chi connectivity index (χ0n) is 10.2. The number of hydrogen-bond donors (Lipinski definition) is 0. The third-order valence-electron chi connectivity index (χ3n) is 2.64. The molecule has 18 heavy (non-hydrogen) atoms. The second kappa shape index (κ2) is 5.27. The monoisotopic (exact) mass is 264 g/mol. The largest absolute Gasteiger partial charge is 0.496 e. The molecule has 0 unspecified atom stereocenters. The van der Waals surface area contributed by atoms with Crippen LogP contribution in [0.3, 0.4) is 0 Å². The van der Waals surface area contributed by atoms with E-state index < -0.39 is 0 Å². The van der Waals surface area contributed by atoms with Crippen LogP contribution >= 0.6 is 11.6 Å². The molecular weight excluding hydrogens is 252 g/mol. The summed E-state index contributed by atoms with van der Waals surface area (Å²) in [4.78, 5) is 12.3. The highest BCUT2D eigenvalue weighted by atomic mass is 35.5. The van der Waals surface area contributed by atoms with Gasteiger partial charge in [-0.15, -0.1) is 0 Å². The maximum Gasteiger partial charge on any atom is 0.231 e. The quantitative estimate of drug-likeness (QED) is 0.790. The predicted molar refractivity (Wildman–Crippen MR) is 69.5 cm³/mol. The van der Waals surface area contributed by atoms with Crippen molar-refractivity contribution in [3.63, 3.8) is 0 Å². The molecule has 0 aliphatic carbocycles. The van der Waals surface area contributed by atoms with Gasteiger partial charge in [0.15, 0.2) is 5.76 Å². The van der Waals surface area contributed by atoms with E-state index in [4.69, 9.17) is 20.8 Å². The topological polar surface area (TPSA) is 39.4 Å². The Morgan fingerprint density at radius 3 is 2.72 bits per heavy atom. The summed E-state index contributed by atoms with van der Waals surface area (Å²) in [6.45, 7) is 1.97. The summed E-state index contributed by atoms with van der Waals surface area (Å²) in [5, 5.41) is 0.487. The normalized spacial score (nSPS) is 10.4. The lowest BCUT2D eigenvalue weighted by Gasteiger charge is -2.06. The molecule has 0 N–H and O–H groups in total. The van der Waals surface area contributed by atoms with Crippen molar-refractivity contribution in [1.82, 2.24) is 0 Å². The first kappa shape index (κ1) is 12.7. The van der Waals surface area contributed by atoms with Crippen molar-refractivity contribution in [2.24, 2.45) is 0 Å². The van der Waals surface area contributed by atoms with E-state index in [1.54, 1.807) is 30.3 Å². The SMILES string of the molecule is CCc1ccc(C(=O)c2cc(Cl)ccc2OC)o1. The van der Waals surface area contributed by atoms with Crippen molar-refractivity contribution in [3.8, 4) is 5.75 Å². The molecule has 0 aliphatic rings. The van der Waals surface area contributed by atoms with Gasteiger partial charge in [-0.3, -0.25) is 4.79 Å². The summed E-state index contributed by atoms with van der Waals surface area (Å²) in [7, 11) is 1.51. The van der Waals surface area contributed by atoms with Crippen LogP contribution in [0.4, 0.5) is 0 Å². The number of carbonyl (C=O) groups excluding carboxylic acids is 1. The highest BCUT2D eigenvalue weighted by Gasteiger charge is 2.18. The highest BCUT2D eigenvalue weighted by molar-refractivity contribution is 6.31. The Bertz CT molecular complexity index is 572. The van der Waals surface area contributed by atoms with E-state index in [0.29, 0.717) is 22.1 Å². The maximum atomic E-state index is 12.3. The molecular formula is C14H13ClO3. The Kier molecular flexibility index (Phi) is 3.72. The molecule has 1 heterocycles. The molecule has 2 aromatic rings. The number of aryl methyl sites for hydroxylation is 1. The number of ketones is 1. The van der Waals surface area contributed by atoms with Gasteiger partial charge in [0.25, 0.3) is 0 Å². The van der Waals surface area contributed by atoms with Gasteiger partial charge in [0.2, 0.25) is 5.78 Å². The fourth-order valence-corrected chi connectivity index (χ4v) is 1.85. The molecule has 2 rings (SSSR count). The molecule has 0 fully saturated rings. The molecule has 1 aromatic carbocycles. The molecule has 0 aliphatic heterocycles. The molecule has 0 amide bonds. The minimum Gasteiger partial charge on any atom is -0.496 e. The van der Waals surface area contributed by atoms with Gasteiger partial charge >= 0.3 is 0 Å². The highest BCUT2D eigenvalue weighted by Crippen LogP contribution is 2.25. The molecule has 0 saturated heterocycles. The number of rotatable bonds is 4. The first-order valence-electron chi connectivity index (χ1n) is 5.62. The number of benzene rings is 1. The van der Waals surface area contributed by atoms with Crippen LogP contribution in [0.2, 0.25) is 5.02 Å². The number of ether oxygens (including phenoxy) is 1. The van der Waals surface area contributed by atoms with Crippen LogP contribution in [0.15, 0.2) is 34.7 Å². The lowest BCUT2D eigenvalue weighted by molar-refractivity contribution is 0.100. The van der Waals surface area contributed by atoms with Crippen molar-refractivity contribution >= 4 is 17.4 Å². The molecule has 0 saturated carbocycles. The van der Waals surface area contributed by atoms with Gasteiger partial charge in [-0.1, -0.05) is 18.5 Å². The van der Waals surface area contributed by atoms with Crippen molar-refractivity contribution in [3.05, 3.63) is 52.4 Å². The summed E-state index contributed by atoms with van der Waals surface area (Å²) in [6.07, 6.45) is 0.750. The van der Waals surface area contributed by atoms with Crippen molar-refractivity contribution < 1.29 is 13.9 Å². The van der Waals surface area contributed by atoms with Gasteiger partial charge in [-0.05, 0) is 30.3 Å². The van der Waals surface area contributed by atoms with E-state index in [1.165, 1.54) is 7.11 Å². The second-order valence-corrected chi connectivity index (χ2v) is 4.23. The lowest BCUT2D eigenvalue weighted by atomic mass is 10.1. The van der Waals surface area contributed by atoms with Gasteiger partial charge < -0.3 is 9.15 Å². The van der Waals surface area contributed by atoms with E-state index in [-0.39, 0.29) is 5.78 Å². The Morgan fingerprint density at radius 2 is 2.11 bits per heavy atom. The van der Waals surface area contributed by atoms with E-state index in [9.17, 15) is 4.79 Å². The first-order chi connectivity index (χ1) is 8.65. The Morgan fingerprint density at radius 1 is 1.33 bits per heavy atom. The summed E-state index contributed by atoms with van der Waals surface area (Å²) in [6, 6.07) is 8.39. The summed E-state index contributed by atoms with van der Waals surface area (Å²) < 4.78 is 10.6. The minimum absolute atomic E-state index is 0.228. The lowest BCUT2D eigenvalue weighted by Crippen LogP contribution is -2.02. The van der Waals surface area contributed by atoms with Crippen LogP contribution in [0.25, 0.3) is 0 Å². The Labute approximate surface area is 110 Å². The van der Waals surface area contributed by atoms with Crippen LogP contribution in [0.1, 0.15) is 28.8 Å². The molecule has 1 aromatic heterocycles. The summed E-state index contributed by atoms with van der Waals surface area (Å²) in [5.41, 5.74) is 0.405. The van der Waals surface area contributed by atoms with Crippen LogP contribution in [0, 0.1) is 0 Å². The number of furan rings is 1. The van der Waals surface area contributed by atoms with Crippen molar-refractivity contribution in [1.29, 1.82) is 0 Å². The standard InChI is InChI=1S/C14H13ClO3/c1-3-10-5-7-13(18-10)14(16)11-8-9(15)4-6-12(11)17-2/h4-8H,3H2,1-2H3. The molecule has 0 bridgehead atoms. The van der Waals surface area contributed by atoms with Crippen LogP contribution < -0.4 is 4.74 Å². The number of hydrogen-bond acceptors (Lipinski definition) is 3. The van der Waals surface area contributed by atoms with E-state index >= 15 is 0 Å². The third-order valence-corrected chi connectivity index (χ3v) is 2.88. The smallest absolute Gasteiger partial charge is 0.231 e. The van der Waals surface area contributed by atoms with E-state index in [1.807, 2.05) is 6.92 Å².